The molecule has 0 radical (unpaired) electrons. The molecule has 2 amide bonds. The van der Waals surface area contributed by atoms with E-state index in [0.29, 0.717) is 18.0 Å². The van der Waals surface area contributed by atoms with E-state index in [1.54, 1.807) is 0 Å². The van der Waals surface area contributed by atoms with Gasteiger partial charge in [0, 0.05) is 28.5 Å². The van der Waals surface area contributed by atoms with Crippen LogP contribution in [-0.2, 0) is 16.0 Å². The number of nitrogens with zero attached hydrogens (tertiary/aromatic N) is 1. The van der Waals surface area contributed by atoms with Gasteiger partial charge in [-0.15, -0.1) is 17.8 Å². The highest BCUT2D eigenvalue weighted by Crippen LogP contribution is 2.62. The molecule has 8 heteroatoms. The number of aromatic nitrogens is 1. The second kappa shape index (κ2) is 8.77. The van der Waals surface area contributed by atoms with Gasteiger partial charge in [-0.25, -0.2) is 4.98 Å². The van der Waals surface area contributed by atoms with Crippen molar-refractivity contribution in [3.63, 3.8) is 0 Å². The van der Waals surface area contributed by atoms with Crippen molar-refractivity contribution in [2.75, 3.05) is 18.5 Å². The number of fused-ring (bicyclic) bond motifs is 2. The summed E-state index contributed by atoms with van der Waals surface area (Å²) in [4.78, 5) is 31.1. The fraction of sp³-hybridized carbons (Fsp3) is 0.708. The minimum atomic E-state index is -0.669. The van der Waals surface area contributed by atoms with Crippen LogP contribution in [-0.4, -0.2) is 46.3 Å². The normalized spacial score (nSPS) is 33.9. The van der Waals surface area contributed by atoms with Crippen molar-refractivity contribution in [3.8, 4) is 12.3 Å². The van der Waals surface area contributed by atoms with Crippen LogP contribution in [0.25, 0.3) is 0 Å². The summed E-state index contributed by atoms with van der Waals surface area (Å²) < 4.78 is 0. The van der Waals surface area contributed by atoms with Crippen LogP contribution < -0.4 is 10.6 Å². The van der Waals surface area contributed by atoms with Crippen LogP contribution in [0.15, 0.2) is 0 Å². The molecule has 7 nitrogen and oxygen atoms in total. The first-order valence-electron chi connectivity index (χ1n) is 11.5. The number of thiazole rings is 1. The molecule has 0 aromatic carbocycles. The Kier molecular flexibility index (Phi) is 6.36. The van der Waals surface area contributed by atoms with E-state index in [2.05, 4.69) is 23.5 Å². The van der Waals surface area contributed by atoms with Gasteiger partial charge in [0.1, 0.15) is 0 Å². The Morgan fingerprint density at radius 3 is 2.69 bits per heavy atom. The highest BCUT2D eigenvalue weighted by Gasteiger charge is 2.59. The molecule has 3 aliphatic carbocycles. The lowest BCUT2D eigenvalue weighted by Gasteiger charge is -2.58. The zero-order valence-electron chi connectivity index (χ0n) is 18.8. The molecule has 0 aliphatic heterocycles. The summed E-state index contributed by atoms with van der Waals surface area (Å²) in [5, 5.41) is 27.4. The minimum absolute atomic E-state index is 0.0164. The van der Waals surface area contributed by atoms with Crippen LogP contribution in [0.1, 0.15) is 68.9 Å². The second-order valence-electron chi connectivity index (χ2n) is 10.2. The molecule has 1 heterocycles. The van der Waals surface area contributed by atoms with Crippen LogP contribution in [0.5, 0.6) is 0 Å². The van der Waals surface area contributed by atoms with E-state index < -0.39 is 11.5 Å². The van der Waals surface area contributed by atoms with E-state index >= 15 is 0 Å². The molecule has 5 unspecified atom stereocenters. The number of hydrogen-bond donors (Lipinski definition) is 4. The van der Waals surface area contributed by atoms with Gasteiger partial charge in [-0.1, -0.05) is 26.2 Å². The highest BCUT2D eigenvalue weighted by molar-refractivity contribution is 7.15. The standard InChI is InChI=1S/C24H33N3O4S/c1-4-10-25-19(30)11-15-20-16(32-22(26-20)27-21(31)14-6-5-7-14)12-17-23(15,2)9-8-18(29)24(17,3)13-28/h1,14-15,17-18,28-29H,5-13H2,2-3H3,(H,25,30)(H,26,27,31). The van der Waals surface area contributed by atoms with Crippen molar-refractivity contribution >= 4 is 28.3 Å². The largest absolute Gasteiger partial charge is 0.396 e. The minimum Gasteiger partial charge on any atom is -0.396 e. The van der Waals surface area contributed by atoms with Gasteiger partial charge in [-0.05, 0) is 43.4 Å². The average molecular weight is 460 g/mol. The van der Waals surface area contributed by atoms with Crippen molar-refractivity contribution in [1.29, 1.82) is 0 Å². The van der Waals surface area contributed by atoms with Gasteiger partial charge in [-0.2, -0.15) is 0 Å². The summed E-state index contributed by atoms with van der Waals surface area (Å²) in [5.74, 6) is 2.19. The van der Waals surface area contributed by atoms with E-state index in [9.17, 15) is 19.8 Å². The van der Waals surface area contributed by atoms with Crippen molar-refractivity contribution in [3.05, 3.63) is 10.6 Å². The first-order chi connectivity index (χ1) is 15.2. The van der Waals surface area contributed by atoms with Crippen LogP contribution >= 0.6 is 11.3 Å². The molecule has 2 fully saturated rings. The summed E-state index contributed by atoms with van der Waals surface area (Å²) in [7, 11) is 0. The highest BCUT2D eigenvalue weighted by atomic mass is 32.1. The lowest BCUT2D eigenvalue weighted by atomic mass is 9.47. The molecule has 1 aromatic rings. The smallest absolute Gasteiger partial charge is 0.229 e. The van der Waals surface area contributed by atoms with Crippen molar-refractivity contribution in [2.45, 2.75) is 70.8 Å². The molecule has 2 saturated carbocycles. The maximum absolute atomic E-state index is 12.7. The first-order valence-corrected chi connectivity index (χ1v) is 12.3. The van der Waals surface area contributed by atoms with Crippen molar-refractivity contribution < 1.29 is 19.8 Å². The Morgan fingerprint density at radius 2 is 2.06 bits per heavy atom. The van der Waals surface area contributed by atoms with E-state index in [4.69, 9.17) is 11.4 Å². The monoisotopic (exact) mass is 459 g/mol. The summed E-state index contributed by atoms with van der Waals surface area (Å²) >= 11 is 1.46. The molecule has 0 spiro atoms. The van der Waals surface area contributed by atoms with Gasteiger partial charge in [0.2, 0.25) is 11.8 Å². The number of hydrogen-bond acceptors (Lipinski definition) is 6. The van der Waals surface area contributed by atoms with Gasteiger partial charge < -0.3 is 20.8 Å². The first kappa shape index (κ1) is 23.2. The second-order valence-corrected chi connectivity index (χ2v) is 11.2. The molecule has 174 valence electrons. The van der Waals surface area contributed by atoms with Gasteiger partial charge in [0.05, 0.1) is 24.9 Å². The van der Waals surface area contributed by atoms with Crippen LogP contribution in [0, 0.1) is 35.0 Å². The molecule has 4 rings (SSSR count). The fourth-order valence-corrected chi connectivity index (χ4v) is 7.06. The predicted molar refractivity (Wildman–Crippen MR) is 123 cm³/mol. The number of anilines is 1. The van der Waals surface area contributed by atoms with Crippen molar-refractivity contribution in [2.24, 2.45) is 22.7 Å². The van der Waals surface area contributed by atoms with Crippen molar-refractivity contribution in [1.82, 2.24) is 10.3 Å². The number of nitrogens with one attached hydrogen (secondary N) is 2. The lowest BCUT2D eigenvalue weighted by Crippen LogP contribution is -2.57. The third-order valence-electron chi connectivity index (χ3n) is 8.38. The zero-order chi connectivity index (χ0) is 23.1. The molecule has 0 saturated heterocycles. The van der Waals surface area contributed by atoms with Crippen LogP contribution in [0.2, 0.25) is 0 Å². The number of terminal acetylenes is 1. The number of aliphatic hydroxyl groups is 2. The number of carbonyl (C=O) groups is 2. The Hall–Kier alpha value is -1.95. The molecule has 3 aliphatic rings. The van der Waals surface area contributed by atoms with Crippen LogP contribution in [0.4, 0.5) is 5.13 Å². The SMILES string of the molecule is C#CCNC(=O)CC1c2nc(NC(=O)C3CCC3)sc2CC2C(C)(CO)C(O)CCC12C. The molecule has 4 N–H and O–H groups in total. The van der Waals surface area contributed by atoms with Crippen LogP contribution in [0.3, 0.4) is 0 Å². The summed E-state index contributed by atoms with van der Waals surface area (Å²) in [5.41, 5.74) is -0.122. The topological polar surface area (TPSA) is 112 Å². The van der Waals surface area contributed by atoms with Gasteiger partial charge in [0.25, 0.3) is 0 Å². The molecule has 32 heavy (non-hydrogen) atoms. The number of carbonyl (C=O) groups excluding carboxylic acids is 2. The Balaban J connectivity index is 1.69. The third kappa shape index (κ3) is 3.85. The quantitative estimate of drug-likeness (QED) is 0.488. The third-order valence-corrected chi connectivity index (χ3v) is 9.39. The summed E-state index contributed by atoms with van der Waals surface area (Å²) in [6.45, 7) is 4.15. The number of rotatable bonds is 6. The summed E-state index contributed by atoms with van der Waals surface area (Å²) in [6, 6.07) is 0. The molecule has 1 aromatic heterocycles. The van der Waals surface area contributed by atoms with E-state index in [-0.39, 0.29) is 54.6 Å². The lowest BCUT2D eigenvalue weighted by molar-refractivity contribution is -0.144. The van der Waals surface area contributed by atoms with Gasteiger partial charge in [-0.3, -0.25) is 9.59 Å². The molecule has 0 bridgehead atoms. The Bertz CT molecular complexity index is 936. The average Bonchev–Trinajstić information content (AvgIpc) is 3.11. The van der Waals surface area contributed by atoms with E-state index in [1.807, 2.05) is 6.92 Å². The Morgan fingerprint density at radius 1 is 1.31 bits per heavy atom. The number of aliphatic hydroxyl groups excluding tert-OH is 2. The Labute approximate surface area is 193 Å². The van der Waals surface area contributed by atoms with E-state index in [1.165, 1.54) is 11.3 Å². The number of amides is 2. The summed E-state index contributed by atoms with van der Waals surface area (Å²) in [6.07, 6.45) is 9.83. The fourth-order valence-electron chi connectivity index (χ4n) is 5.98. The molecular weight excluding hydrogens is 426 g/mol. The molecule has 5 atom stereocenters. The zero-order valence-corrected chi connectivity index (χ0v) is 19.6. The van der Waals surface area contributed by atoms with Gasteiger partial charge in [0.15, 0.2) is 5.13 Å². The maximum Gasteiger partial charge on any atom is 0.229 e. The van der Waals surface area contributed by atoms with E-state index in [0.717, 1.165) is 36.3 Å². The molecular formula is C24H33N3O4S. The maximum atomic E-state index is 12.7. The van der Waals surface area contributed by atoms with Gasteiger partial charge >= 0.3 is 0 Å². The predicted octanol–water partition coefficient (Wildman–Crippen LogP) is 2.44.